The van der Waals surface area contributed by atoms with E-state index in [2.05, 4.69) is 4.98 Å². The van der Waals surface area contributed by atoms with Gasteiger partial charge in [-0.1, -0.05) is 0 Å². The average Bonchev–Trinajstić information content (AvgIpc) is 2.93. The molecular formula is C17H23N3O4S. The van der Waals surface area contributed by atoms with E-state index in [-0.39, 0.29) is 11.1 Å². The summed E-state index contributed by atoms with van der Waals surface area (Å²) in [5.74, 6) is 1.92. The molecule has 2 aromatic rings. The summed E-state index contributed by atoms with van der Waals surface area (Å²) in [7, 11) is 1.29. The van der Waals surface area contributed by atoms with E-state index in [9.17, 15) is 8.42 Å². The van der Waals surface area contributed by atoms with Crippen LogP contribution in [-0.2, 0) is 23.5 Å². The summed E-state index contributed by atoms with van der Waals surface area (Å²) in [5, 5.41) is 0.0864. The molecule has 7 nitrogen and oxygen atoms in total. The predicted octanol–water partition coefficient (Wildman–Crippen LogP) is 2.05. The zero-order chi connectivity index (χ0) is 18.4. The third-order valence-corrected chi connectivity index (χ3v) is 6.63. The molecule has 0 radical (unpaired) electrons. The van der Waals surface area contributed by atoms with Gasteiger partial charge in [0.2, 0.25) is 0 Å². The Balaban J connectivity index is 2.02. The Morgan fingerprint density at radius 2 is 1.84 bits per heavy atom. The van der Waals surface area contributed by atoms with E-state index in [0.29, 0.717) is 30.3 Å². The number of sulfonamides is 1. The number of nitrogens with zero attached hydrogens (tertiary/aromatic N) is 3. The van der Waals surface area contributed by atoms with Gasteiger partial charge in [-0.15, -0.1) is 0 Å². The minimum atomic E-state index is -3.66. The van der Waals surface area contributed by atoms with Crippen LogP contribution in [0.25, 0.3) is 0 Å². The van der Waals surface area contributed by atoms with Crippen LogP contribution in [0.3, 0.4) is 0 Å². The number of hydrogen-bond donors (Lipinski definition) is 0. The number of imidazole rings is 1. The van der Waals surface area contributed by atoms with Crippen molar-refractivity contribution < 1.29 is 17.9 Å². The lowest BCUT2D eigenvalue weighted by Crippen LogP contribution is -2.39. The van der Waals surface area contributed by atoms with Crippen molar-refractivity contribution in [1.82, 2.24) is 13.9 Å². The summed E-state index contributed by atoms with van der Waals surface area (Å²) in [4.78, 5) is 4.20. The van der Waals surface area contributed by atoms with Gasteiger partial charge in [0, 0.05) is 25.8 Å². The summed E-state index contributed by atoms with van der Waals surface area (Å²) >= 11 is 0. The highest BCUT2D eigenvalue weighted by molar-refractivity contribution is 7.89. The molecule has 136 valence electrons. The molecule has 0 unspecified atom stereocenters. The summed E-state index contributed by atoms with van der Waals surface area (Å²) in [6.07, 6.45) is 2.17. The fourth-order valence-corrected chi connectivity index (χ4v) is 4.86. The lowest BCUT2D eigenvalue weighted by atomic mass is 9.94. The first-order valence-corrected chi connectivity index (χ1v) is 9.50. The van der Waals surface area contributed by atoms with Gasteiger partial charge in [-0.25, -0.2) is 13.4 Å². The van der Waals surface area contributed by atoms with E-state index in [1.54, 1.807) is 39.0 Å². The Morgan fingerprint density at radius 3 is 2.40 bits per heavy atom. The highest BCUT2D eigenvalue weighted by Crippen LogP contribution is 2.39. The summed E-state index contributed by atoms with van der Waals surface area (Å²) in [6.45, 7) is 4.07. The Hall–Kier alpha value is -2.06. The summed E-state index contributed by atoms with van der Waals surface area (Å²) in [6, 6.07) is 3.49. The molecule has 0 N–H and O–H groups in total. The second kappa shape index (κ2) is 6.34. The van der Waals surface area contributed by atoms with Crippen molar-refractivity contribution in [1.29, 1.82) is 0 Å². The quantitative estimate of drug-likeness (QED) is 0.829. The van der Waals surface area contributed by atoms with Gasteiger partial charge in [0.15, 0.2) is 16.5 Å². The molecule has 1 atom stereocenters. The van der Waals surface area contributed by atoms with Crippen molar-refractivity contribution in [3.05, 3.63) is 35.3 Å². The zero-order valence-corrected chi connectivity index (χ0v) is 15.9. The standard InChI is InChI=1S/C17H23N3O4S/c1-11-14-9-16(24-5)15(23-4)8-13(14)6-7-20(11)25(21,22)17-10-19(3)12(2)18-17/h8-11H,6-7H2,1-5H3/t11-/m1/s1. The molecule has 2 heterocycles. The molecule has 0 aliphatic carbocycles. The van der Waals surface area contributed by atoms with Gasteiger partial charge in [0.1, 0.15) is 5.82 Å². The lowest BCUT2D eigenvalue weighted by Gasteiger charge is -2.34. The van der Waals surface area contributed by atoms with E-state index >= 15 is 0 Å². The van der Waals surface area contributed by atoms with Crippen LogP contribution in [0.15, 0.2) is 23.4 Å². The molecule has 3 rings (SSSR count). The first kappa shape index (κ1) is 17.8. The van der Waals surface area contributed by atoms with Gasteiger partial charge >= 0.3 is 0 Å². The first-order valence-electron chi connectivity index (χ1n) is 8.06. The molecule has 0 bridgehead atoms. The van der Waals surface area contributed by atoms with Crippen LogP contribution in [0.2, 0.25) is 0 Å². The minimum Gasteiger partial charge on any atom is -0.493 e. The third-order valence-electron chi connectivity index (χ3n) is 4.79. The third kappa shape index (κ3) is 2.89. The van der Waals surface area contributed by atoms with E-state index < -0.39 is 10.0 Å². The lowest BCUT2D eigenvalue weighted by molar-refractivity contribution is 0.318. The smallest absolute Gasteiger partial charge is 0.262 e. The first-order chi connectivity index (χ1) is 11.8. The zero-order valence-electron chi connectivity index (χ0n) is 15.1. The number of aromatic nitrogens is 2. The second-order valence-electron chi connectivity index (χ2n) is 6.18. The van der Waals surface area contributed by atoms with Crippen LogP contribution < -0.4 is 9.47 Å². The number of benzene rings is 1. The van der Waals surface area contributed by atoms with Crippen molar-refractivity contribution in [2.24, 2.45) is 7.05 Å². The second-order valence-corrected chi connectivity index (χ2v) is 8.02. The fraction of sp³-hybridized carbons (Fsp3) is 0.471. The normalized spacial score (nSPS) is 18.0. The van der Waals surface area contributed by atoms with Crippen molar-refractivity contribution >= 4 is 10.0 Å². The van der Waals surface area contributed by atoms with Gasteiger partial charge in [-0.2, -0.15) is 4.31 Å². The van der Waals surface area contributed by atoms with E-state index in [4.69, 9.17) is 9.47 Å². The van der Waals surface area contributed by atoms with Crippen LogP contribution in [0.1, 0.15) is 29.9 Å². The van der Waals surface area contributed by atoms with Crippen LogP contribution in [0.5, 0.6) is 11.5 Å². The molecule has 0 spiro atoms. The van der Waals surface area contributed by atoms with E-state index in [1.165, 1.54) is 4.31 Å². The Labute approximate surface area is 148 Å². The molecular weight excluding hydrogens is 342 g/mol. The Morgan fingerprint density at radius 1 is 1.20 bits per heavy atom. The molecule has 25 heavy (non-hydrogen) atoms. The fourth-order valence-electron chi connectivity index (χ4n) is 3.22. The van der Waals surface area contributed by atoms with Gasteiger partial charge in [-0.3, -0.25) is 0 Å². The largest absolute Gasteiger partial charge is 0.493 e. The minimum absolute atomic E-state index is 0.0864. The number of aryl methyl sites for hydroxylation is 2. The Bertz CT molecular complexity index is 885. The maximum Gasteiger partial charge on any atom is 0.262 e. The predicted molar refractivity (Wildman–Crippen MR) is 93.5 cm³/mol. The van der Waals surface area contributed by atoms with Crippen molar-refractivity contribution in [3.63, 3.8) is 0 Å². The maximum absolute atomic E-state index is 13.0. The molecule has 1 aromatic carbocycles. The van der Waals surface area contributed by atoms with Crippen LogP contribution in [0, 0.1) is 6.92 Å². The van der Waals surface area contributed by atoms with E-state index in [0.717, 1.165) is 11.1 Å². The molecule has 1 aliphatic heterocycles. The number of hydrogen-bond acceptors (Lipinski definition) is 5. The molecule has 0 amide bonds. The van der Waals surface area contributed by atoms with Gasteiger partial charge in [0.25, 0.3) is 10.0 Å². The average molecular weight is 365 g/mol. The molecule has 0 saturated carbocycles. The topological polar surface area (TPSA) is 73.7 Å². The number of fused-ring (bicyclic) bond motifs is 1. The monoisotopic (exact) mass is 365 g/mol. The SMILES string of the molecule is COc1cc2c(cc1OC)[C@@H](C)N(S(=O)(=O)c1cn(C)c(C)n1)CC2. The summed E-state index contributed by atoms with van der Waals surface area (Å²) in [5.41, 5.74) is 2.01. The maximum atomic E-state index is 13.0. The van der Waals surface area contributed by atoms with Crippen molar-refractivity contribution in [2.75, 3.05) is 20.8 Å². The van der Waals surface area contributed by atoms with Gasteiger partial charge < -0.3 is 14.0 Å². The van der Waals surface area contributed by atoms with E-state index in [1.807, 2.05) is 19.1 Å². The molecule has 1 aliphatic rings. The van der Waals surface area contributed by atoms with Crippen molar-refractivity contribution in [2.45, 2.75) is 31.3 Å². The number of rotatable bonds is 4. The summed E-state index contributed by atoms with van der Waals surface area (Å²) < 4.78 is 40.0. The van der Waals surface area contributed by atoms with Gasteiger partial charge in [-0.05, 0) is 43.5 Å². The molecule has 0 saturated heterocycles. The molecule has 1 aromatic heterocycles. The highest BCUT2D eigenvalue weighted by atomic mass is 32.2. The highest BCUT2D eigenvalue weighted by Gasteiger charge is 2.36. The number of ether oxygens (including phenoxy) is 2. The molecule has 8 heteroatoms. The van der Waals surface area contributed by atoms with Crippen LogP contribution >= 0.6 is 0 Å². The van der Waals surface area contributed by atoms with Gasteiger partial charge in [0.05, 0.1) is 14.2 Å². The van der Waals surface area contributed by atoms with Crippen LogP contribution in [-0.4, -0.2) is 43.0 Å². The Kier molecular flexibility index (Phi) is 4.51. The number of methoxy groups -OCH3 is 2. The van der Waals surface area contributed by atoms with Crippen LogP contribution in [0.4, 0.5) is 0 Å². The molecule has 0 fully saturated rings. The van der Waals surface area contributed by atoms with Crippen molar-refractivity contribution in [3.8, 4) is 11.5 Å².